The van der Waals surface area contributed by atoms with Crippen LogP contribution in [-0.4, -0.2) is 36.0 Å². The fourth-order valence-electron chi connectivity index (χ4n) is 1.56. The molecule has 104 valence electrons. The summed E-state index contributed by atoms with van der Waals surface area (Å²) in [4.78, 5) is 2.29. The van der Waals surface area contributed by atoms with Gasteiger partial charge in [-0.15, -0.1) is 0 Å². The summed E-state index contributed by atoms with van der Waals surface area (Å²) in [6.45, 7) is 9.35. The highest BCUT2D eigenvalue weighted by Crippen LogP contribution is 2.11. The minimum atomic E-state index is 0.145. The number of hydrogen-bond acceptors (Lipinski definition) is 4. The maximum absolute atomic E-state index is 5.59. The third kappa shape index (κ3) is 6.47. The van der Waals surface area contributed by atoms with Gasteiger partial charge in [-0.2, -0.15) is 11.8 Å². The Bertz CT molecular complexity index is 344. The first-order valence-electron chi connectivity index (χ1n) is 6.39. The van der Waals surface area contributed by atoms with Crippen LogP contribution in [0.15, 0.2) is 16.7 Å². The van der Waals surface area contributed by atoms with Gasteiger partial charge in [0.15, 0.2) is 0 Å². The minimum absolute atomic E-state index is 0.145. The maximum Gasteiger partial charge on any atom is 0.118 e. The van der Waals surface area contributed by atoms with Crippen molar-refractivity contribution in [2.75, 3.05) is 25.6 Å². The van der Waals surface area contributed by atoms with Crippen molar-refractivity contribution in [1.82, 2.24) is 10.2 Å². The van der Waals surface area contributed by atoms with Gasteiger partial charge in [0.05, 0.1) is 12.8 Å². The Morgan fingerprint density at radius 2 is 2.11 bits per heavy atom. The molecule has 0 saturated carbocycles. The van der Waals surface area contributed by atoms with Gasteiger partial charge in [0.2, 0.25) is 0 Å². The standard InChI is InChI=1S/C14H26N2OS/c1-14(2,3)15-9-12-8-13(17-11-12)10-16(4)6-7-18-5/h8,11,15H,6-7,9-10H2,1-5H3. The van der Waals surface area contributed by atoms with Gasteiger partial charge in [0.1, 0.15) is 5.76 Å². The SMILES string of the molecule is CSCCN(C)Cc1cc(CNC(C)(C)C)co1. The Kier molecular flexibility index (Phi) is 6.26. The summed E-state index contributed by atoms with van der Waals surface area (Å²) in [7, 11) is 2.13. The van der Waals surface area contributed by atoms with Crippen LogP contribution in [0.4, 0.5) is 0 Å². The highest BCUT2D eigenvalue weighted by atomic mass is 32.2. The highest BCUT2D eigenvalue weighted by molar-refractivity contribution is 7.98. The van der Waals surface area contributed by atoms with Crippen LogP contribution in [0.3, 0.4) is 0 Å². The second-order valence-corrected chi connectivity index (χ2v) is 6.74. The van der Waals surface area contributed by atoms with Crippen molar-refractivity contribution in [3.05, 3.63) is 23.7 Å². The van der Waals surface area contributed by atoms with E-state index in [4.69, 9.17) is 4.42 Å². The fourth-order valence-corrected chi connectivity index (χ4v) is 2.06. The lowest BCUT2D eigenvalue weighted by Gasteiger charge is -2.19. The van der Waals surface area contributed by atoms with Crippen LogP contribution in [0.1, 0.15) is 32.1 Å². The molecule has 1 aromatic heterocycles. The Morgan fingerprint density at radius 1 is 1.39 bits per heavy atom. The molecule has 4 heteroatoms. The van der Waals surface area contributed by atoms with Crippen molar-refractivity contribution < 1.29 is 4.42 Å². The minimum Gasteiger partial charge on any atom is -0.468 e. The third-order valence-corrected chi connectivity index (χ3v) is 3.22. The summed E-state index contributed by atoms with van der Waals surface area (Å²) in [5, 5.41) is 3.46. The monoisotopic (exact) mass is 270 g/mol. The van der Waals surface area contributed by atoms with Crippen molar-refractivity contribution in [3.8, 4) is 0 Å². The smallest absolute Gasteiger partial charge is 0.118 e. The van der Waals surface area contributed by atoms with Crippen LogP contribution < -0.4 is 5.32 Å². The zero-order chi connectivity index (χ0) is 13.6. The van der Waals surface area contributed by atoms with E-state index in [-0.39, 0.29) is 5.54 Å². The lowest BCUT2D eigenvalue weighted by Crippen LogP contribution is -2.34. The fraction of sp³-hybridized carbons (Fsp3) is 0.714. The summed E-state index contributed by atoms with van der Waals surface area (Å²) >= 11 is 1.87. The summed E-state index contributed by atoms with van der Waals surface area (Å²) < 4.78 is 5.59. The van der Waals surface area contributed by atoms with Crippen molar-refractivity contribution in [2.24, 2.45) is 0 Å². The van der Waals surface area contributed by atoms with Gasteiger partial charge in [-0.25, -0.2) is 0 Å². The van der Waals surface area contributed by atoms with Crippen LogP contribution in [-0.2, 0) is 13.1 Å². The number of rotatable bonds is 7. The molecule has 3 nitrogen and oxygen atoms in total. The highest BCUT2D eigenvalue weighted by Gasteiger charge is 2.10. The molecule has 0 radical (unpaired) electrons. The summed E-state index contributed by atoms with van der Waals surface area (Å²) in [6, 6.07) is 2.15. The Hall–Kier alpha value is -0.450. The van der Waals surface area contributed by atoms with E-state index in [0.29, 0.717) is 0 Å². The second kappa shape index (κ2) is 7.22. The molecule has 0 spiro atoms. The predicted molar refractivity (Wildman–Crippen MR) is 80.0 cm³/mol. The number of furan rings is 1. The molecule has 0 amide bonds. The molecular weight excluding hydrogens is 244 g/mol. The van der Waals surface area contributed by atoms with E-state index in [2.05, 4.69) is 50.4 Å². The van der Waals surface area contributed by atoms with Crippen LogP contribution in [0.2, 0.25) is 0 Å². The van der Waals surface area contributed by atoms with Crippen LogP contribution in [0.5, 0.6) is 0 Å². The topological polar surface area (TPSA) is 28.4 Å². The van der Waals surface area contributed by atoms with E-state index in [1.54, 1.807) is 0 Å². The molecule has 18 heavy (non-hydrogen) atoms. The van der Waals surface area contributed by atoms with Crippen molar-refractivity contribution >= 4 is 11.8 Å². The van der Waals surface area contributed by atoms with Crippen LogP contribution in [0.25, 0.3) is 0 Å². The molecule has 1 rings (SSSR count). The van der Waals surface area contributed by atoms with Gasteiger partial charge in [0, 0.05) is 29.9 Å². The van der Waals surface area contributed by atoms with E-state index >= 15 is 0 Å². The molecule has 0 unspecified atom stereocenters. The van der Waals surface area contributed by atoms with Gasteiger partial charge in [0.25, 0.3) is 0 Å². The lowest BCUT2D eigenvalue weighted by molar-refractivity contribution is 0.311. The largest absolute Gasteiger partial charge is 0.468 e. The Balaban J connectivity index is 2.38. The molecule has 0 fully saturated rings. The van der Waals surface area contributed by atoms with E-state index in [1.165, 1.54) is 5.56 Å². The molecular formula is C14H26N2OS. The average molecular weight is 270 g/mol. The lowest BCUT2D eigenvalue weighted by atomic mass is 10.1. The molecule has 0 bridgehead atoms. The Morgan fingerprint density at radius 3 is 2.72 bits per heavy atom. The van der Waals surface area contributed by atoms with Gasteiger partial charge < -0.3 is 9.73 Å². The number of nitrogens with zero attached hydrogens (tertiary/aromatic N) is 1. The molecule has 0 atom stereocenters. The molecule has 0 saturated heterocycles. The van der Waals surface area contributed by atoms with E-state index in [0.717, 1.165) is 31.1 Å². The first kappa shape index (κ1) is 15.6. The summed E-state index contributed by atoms with van der Waals surface area (Å²) in [6.07, 6.45) is 3.99. The zero-order valence-electron chi connectivity index (χ0n) is 12.2. The molecule has 1 N–H and O–H groups in total. The van der Waals surface area contributed by atoms with E-state index in [9.17, 15) is 0 Å². The number of nitrogens with one attached hydrogen (secondary N) is 1. The number of thioether (sulfide) groups is 1. The van der Waals surface area contributed by atoms with Crippen molar-refractivity contribution in [1.29, 1.82) is 0 Å². The third-order valence-electron chi connectivity index (χ3n) is 2.63. The molecule has 1 heterocycles. The van der Waals surface area contributed by atoms with Crippen LogP contribution >= 0.6 is 11.8 Å². The second-order valence-electron chi connectivity index (χ2n) is 5.76. The van der Waals surface area contributed by atoms with Crippen molar-refractivity contribution in [3.63, 3.8) is 0 Å². The van der Waals surface area contributed by atoms with Crippen LogP contribution in [0, 0.1) is 0 Å². The van der Waals surface area contributed by atoms with E-state index < -0.39 is 0 Å². The molecule has 0 aliphatic heterocycles. The molecule has 0 aliphatic carbocycles. The molecule has 0 aromatic carbocycles. The quantitative estimate of drug-likeness (QED) is 0.824. The summed E-state index contributed by atoms with van der Waals surface area (Å²) in [5.74, 6) is 2.21. The molecule has 0 aliphatic rings. The normalized spacial score (nSPS) is 12.3. The first-order valence-corrected chi connectivity index (χ1v) is 7.79. The van der Waals surface area contributed by atoms with E-state index in [1.807, 2.05) is 18.0 Å². The van der Waals surface area contributed by atoms with Gasteiger partial charge in [-0.3, -0.25) is 4.90 Å². The predicted octanol–water partition coefficient (Wildman–Crippen LogP) is 2.96. The summed E-state index contributed by atoms with van der Waals surface area (Å²) in [5.41, 5.74) is 1.37. The molecule has 1 aromatic rings. The first-order chi connectivity index (χ1) is 8.40. The van der Waals surface area contributed by atoms with Gasteiger partial charge in [-0.1, -0.05) is 0 Å². The number of hydrogen-bond donors (Lipinski definition) is 1. The average Bonchev–Trinajstić information content (AvgIpc) is 2.70. The van der Waals surface area contributed by atoms with Gasteiger partial charge >= 0.3 is 0 Å². The van der Waals surface area contributed by atoms with Crippen molar-refractivity contribution in [2.45, 2.75) is 39.4 Å². The maximum atomic E-state index is 5.59. The Labute approximate surface area is 115 Å². The zero-order valence-corrected chi connectivity index (χ0v) is 13.1. The van der Waals surface area contributed by atoms with Gasteiger partial charge in [-0.05, 0) is 40.1 Å².